The van der Waals surface area contributed by atoms with Crippen molar-refractivity contribution in [3.63, 3.8) is 0 Å². The van der Waals surface area contributed by atoms with Gasteiger partial charge in [0.15, 0.2) is 5.78 Å². The Labute approximate surface area is 156 Å². The number of sulfonamides is 1. The van der Waals surface area contributed by atoms with E-state index in [-0.39, 0.29) is 22.2 Å². The van der Waals surface area contributed by atoms with E-state index >= 15 is 0 Å². The second-order valence-corrected chi connectivity index (χ2v) is 7.43. The van der Waals surface area contributed by atoms with Crippen LogP contribution in [0.25, 0.3) is 0 Å². The van der Waals surface area contributed by atoms with Gasteiger partial charge in [-0.05, 0) is 55.0 Å². The maximum absolute atomic E-state index is 12.4. The van der Waals surface area contributed by atoms with Crippen LogP contribution in [0.4, 0.5) is 11.5 Å². The van der Waals surface area contributed by atoms with Crippen molar-refractivity contribution in [1.82, 2.24) is 4.98 Å². The molecule has 3 rings (SSSR count). The molecule has 1 aliphatic rings. The Morgan fingerprint density at radius 3 is 2.48 bits per heavy atom. The van der Waals surface area contributed by atoms with E-state index in [1.807, 2.05) is 0 Å². The number of hydrogen-bond acceptors (Lipinski definition) is 7. The number of anilines is 2. The normalized spacial score (nSPS) is 15.9. The maximum atomic E-state index is 12.4. The first-order valence-corrected chi connectivity index (χ1v) is 9.41. The predicted molar refractivity (Wildman–Crippen MR) is 104 cm³/mol. The van der Waals surface area contributed by atoms with Crippen molar-refractivity contribution in [1.29, 1.82) is 0 Å². The fourth-order valence-electron chi connectivity index (χ4n) is 2.24. The van der Waals surface area contributed by atoms with Crippen LogP contribution in [0.5, 0.6) is 0 Å². The molecule has 0 unspecified atom stereocenters. The summed E-state index contributed by atoms with van der Waals surface area (Å²) in [6.07, 6.45) is 4.40. The Morgan fingerprint density at radius 1 is 1.07 bits per heavy atom. The number of hydrogen-bond donors (Lipinski definition) is 3. The first-order chi connectivity index (χ1) is 12.8. The molecule has 9 heteroatoms. The van der Waals surface area contributed by atoms with E-state index in [0.717, 1.165) is 0 Å². The molecule has 0 spiro atoms. The Morgan fingerprint density at radius 2 is 1.81 bits per heavy atom. The van der Waals surface area contributed by atoms with Crippen molar-refractivity contribution >= 4 is 33.0 Å². The molecule has 1 aliphatic carbocycles. The van der Waals surface area contributed by atoms with Crippen LogP contribution in [0.3, 0.4) is 0 Å². The smallest absolute Gasteiger partial charge is 0.263 e. The number of carbonyl (C=O) groups is 1. The average molecular weight is 383 g/mol. The third kappa shape index (κ3) is 4.39. The van der Waals surface area contributed by atoms with Crippen LogP contribution >= 0.6 is 0 Å². The number of pyridine rings is 1. The van der Waals surface area contributed by atoms with Gasteiger partial charge in [0.2, 0.25) is 0 Å². The molecule has 0 radical (unpaired) electrons. The summed E-state index contributed by atoms with van der Waals surface area (Å²) in [4.78, 5) is 15.5. The highest BCUT2D eigenvalue weighted by atomic mass is 32.2. The Balaban J connectivity index is 1.73. The molecule has 0 saturated carbocycles. The molecule has 138 valence electrons. The number of benzene rings is 1. The molecule has 4 N–H and O–H groups in total. The van der Waals surface area contributed by atoms with Gasteiger partial charge < -0.3 is 5.73 Å². The number of aromatic nitrogens is 1. The Hall–Kier alpha value is -3.46. The van der Waals surface area contributed by atoms with Crippen LogP contribution in [0.2, 0.25) is 0 Å². The first kappa shape index (κ1) is 18.3. The summed E-state index contributed by atoms with van der Waals surface area (Å²) < 4.78 is 27.1. The van der Waals surface area contributed by atoms with E-state index in [4.69, 9.17) is 5.73 Å². The maximum Gasteiger partial charge on any atom is 0.263 e. The molecule has 0 saturated heterocycles. The highest BCUT2D eigenvalue weighted by molar-refractivity contribution is 7.92. The largest absolute Gasteiger partial charge is 0.397 e. The lowest BCUT2D eigenvalue weighted by atomic mass is 10.0. The molecular weight excluding hydrogens is 366 g/mol. The summed E-state index contributed by atoms with van der Waals surface area (Å²) >= 11 is 0. The molecule has 1 aromatic heterocycles. The fraction of sp³-hybridized carbons (Fsp3) is 0.0556. The van der Waals surface area contributed by atoms with Gasteiger partial charge in [-0.25, -0.2) is 13.4 Å². The second-order valence-electron chi connectivity index (χ2n) is 5.74. The zero-order chi connectivity index (χ0) is 19.4. The number of allylic oxidation sites excluding steroid dienone is 3. The van der Waals surface area contributed by atoms with Crippen LogP contribution in [-0.2, 0) is 14.8 Å². The van der Waals surface area contributed by atoms with Crippen molar-refractivity contribution in [2.75, 3.05) is 10.1 Å². The van der Waals surface area contributed by atoms with Gasteiger partial charge >= 0.3 is 0 Å². The van der Waals surface area contributed by atoms with Crippen LogP contribution in [0, 0.1) is 0 Å². The summed E-state index contributed by atoms with van der Waals surface area (Å²) in [5, 5.41) is 4.15. The standard InChI is InChI=1S/C18H17N5O3S/c1-12-10-16(15(19)11-17(12)24)22-21-13-5-7-14(8-6-13)27(25,26)23-18-4-2-3-9-20-18/h2-11,21H,19H2,1H3,(H,20,23). The molecule has 27 heavy (non-hydrogen) atoms. The van der Waals surface area contributed by atoms with Gasteiger partial charge in [0.05, 0.1) is 16.3 Å². The third-order valence-electron chi connectivity index (χ3n) is 3.70. The van der Waals surface area contributed by atoms with Crippen LogP contribution in [-0.4, -0.2) is 24.9 Å². The number of ketones is 1. The molecule has 1 aromatic carbocycles. The molecule has 2 aromatic rings. The van der Waals surface area contributed by atoms with Crippen molar-refractivity contribution in [3.05, 3.63) is 72.1 Å². The van der Waals surface area contributed by atoms with E-state index < -0.39 is 10.0 Å². The number of carbonyl (C=O) groups excluding carboxylic acids is 1. The molecule has 0 fully saturated rings. The van der Waals surface area contributed by atoms with Crippen LogP contribution in [0.1, 0.15) is 6.92 Å². The van der Waals surface area contributed by atoms with Crippen molar-refractivity contribution in [2.24, 2.45) is 10.8 Å². The van der Waals surface area contributed by atoms with Gasteiger partial charge in [-0.1, -0.05) is 6.07 Å². The summed E-state index contributed by atoms with van der Waals surface area (Å²) in [5.74, 6) is 0.0868. The Kier molecular flexibility index (Phi) is 5.04. The number of nitrogens with zero attached hydrogens (tertiary/aromatic N) is 2. The van der Waals surface area contributed by atoms with Gasteiger partial charge in [-0.3, -0.25) is 14.9 Å². The third-order valence-corrected chi connectivity index (χ3v) is 5.07. The predicted octanol–water partition coefficient (Wildman–Crippen LogP) is 2.02. The number of nitrogens with one attached hydrogen (secondary N) is 2. The van der Waals surface area contributed by atoms with E-state index in [0.29, 0.717) is 17.0 Å². The van der Waals surface area contributed by atoms with E-state index in [1.54, 1.807) is 43.3 Å². The van der Waals surface area contributed by atoms with Crippen molar-refractivity contribution < 1.29 is 13.2 Å². The summed E-state index contributed by atoms with van der Waals surface area (Å²) in [6, 6.07) is 11.0. The lowest BCUT2D eigenvalue weighted by Gasteiger charge is -2.10. The number of rotatable bonds is 5. The minimum absolute atomic E-state index is 0.0877. The molecule has 0 bridgehead atoms. The Bertz CT molecular complexity index is 1060. The summed E-state index contributed by atoms with van der Waals surface area (Å²) in [7, 11) is -3.74. The molecule has 0 atom stereocenters. The van der Waals surface area contributed by atoms with Gasteiger partial charge in [0, 0.05) is 12.3 Å². The van der Waals surface area contributed by atoms with Gasteiger partial charge in [0.1, 0.15) is 11.5 Å². The molecule has 0 amide bonds. The van der Waals surface area contributed by atoms with E-state index in [1.165, 1.54) is 24.4 Å². The summed E-state index contributed by atoms with van der Waals surface area (Å²) in [5.41, 5.74) is 10.4. The second kappa shape index (κ2) is 7.42. The lowest BCUT2D eigenvalue weighted by molar-refractivity contribution is -0.111. The minimum Gasteiger partial charge on any atom is -0.397 e. The lowest BCUT2D eigenvalue weighted by Crippen LogP contribution is -2.18. The number of hydrazone groups is 1. The molecular formula is C18H17N5O3S. The van der Waals surface area contributed by atoms with E-state index in [9.17, 15) is 13.2 Å². The molecule has 8 nitrogen and oxygen atoms in total. The van der Waals surface area contributed by atoms with Gasteiger partial charge in [0.25, 0.3) is 10.0 Å². The zero-order valence-electron chi connectivity index (χ0n) is 14.4. The quantitative estimate of drug-likeness (QED) is 0.535. The highest BCUT2D eigenvalue weighted by Gasteiger charge is 2.15. The highest BCUT2D eigenvalue weighted by Crippen LogP contribution is 2.17. The molecule has 1 heterocycles. The van der Waals surface area contributed by atoms with E-state index in [2.05, 4.69) is 20.2 Å². The van der Waals surface area contributed by atoms with Crippen LogP contribution in [0.15, 0.2) is 82.1 Å². The van der Waals surface area contributed by atoms with Crippen LogP contribution < -0.4 is 15.9 Å². The summed E-state index contributed by atoms with van der Waals surface area (Å²) in [6.45, 7) is 1.68. The molecule has 0 aliphatic heterocycles. The SMILES string of the molecule is CC1=CC(=NNc2ccc(S(=O)(=O)Nc3ccccn3)cc2)C(N)=CC1=O. The van der Waals surface area contributed by atoms with Gasteiger partial charge in [-0.15, -0.1) is 0 Å². The zero-order valence-corrected chi connectivity index (χ0v) is 15.2. The average Bonchev–Trinajstić information content (AvgIpc) is 2.64. The van der Waals surface area contributed by atoms with Crippen molar-refractivity contribution in [3.8, 4) is 0 Å². The topological polar surface area (TPSA) is 127 Å². The first-order valence-electron chi connectivity index (χ1n) is 7.93. The number of nitrogens with two attached hydrogens (primary N) is 1. The van der Waals surface area contributed by atoms with Crippen molar-refractivity contribution in [2.45, 2.75) is 11.8 Å². The monoisotopic (exact) mass is 383 g/mol. The van der Waals surface area contributed by atoms with Gasteiger partial charge in [-0.2, -0.15) is 5.10 Å². The fourth-order valence-corrected chi connectivity index (χ4v) is 3.25. The minimum atomic E-state index is -3.74.